The van der Waals surface area contributed by atoms with Gasteiger partial charge in [-0.05, 0) is 106 Å². The molecular formula is C38H52N6O4. The zero-order valence-electron chi connectivity index (χ0n) is 29.2. The number of methoxy groups -OCH3 is 1. The van der Waals surface area contributed by atoms with E-state index in [1.807, 2.05) is 19.2 Å². The molecule has 10 nitrogen and oxygen atoms in total. The number of esters is 1. The molecule has 1 aromatic carbocycles. The minimum absolute atomic E-state index is 0.119. The Morgan fingerprint density at radius 1 is 1.15 bits per heavy atom. The molecule has 3 fully saturated rings. The summed E-state index contributed by atoms with van der Waals surface area (Å²) in [5.41, 5.74) is 16.2. The molecule has 10 heteroatoms. The van der Waals surface area contributed by atoms with Crippen molar-refractivity contribution in [2.75, 3.05) is 38.3 Å². The highest BCUT2D eigenvalue weighted by Gasteiger charge is 2.44. The monoisotopic (exact) mass is 656 g/mol. The largest absolute Gasteiger partial charge is 0.464 e. The predicted octanol–water partition coefficient (Wildman–Crippen LogP) is 5.23. The molecular weight excluding hydrogens is 604 g/mol. The molecule has 5 unspecified atom stereocenters. The van der Waals surface area contributed by atoms with Crippen LogP contribution in [0.1, 0.15) is 77.2 Å². The van der Waals surface area contributed by atoms with Gasteiger partial charge in [-0.2, -0.15) is 0 Å². The number of pyridine rings is 1. The smallest absolute Gasteiger partial charge is 0.324 e. The third kappa shape index (κ3) is 6.00. The lowest BCUT2D eigenvalue weighted by molar-refractivity contribution is -0.155. The summed E-state index contributed by atoms with van der Waals surface area (Å²) in [6, 6.07) is 9.96. The number of hydrogen-bond acceptors (Lipinski definition) is 8. The highest BCUT2D eigenvalue weighted by molar-refractivity contribution is 5.94. The van der Waals surface area contributed by atoms with Crippen LogP contribution >= 0.6 is 0 Å². The van der Waals surface area contributed by atoms with Gasteiger partial charge in [0.25, 0.3) is 5.91 Å². The van der Waals surface area contributed by atoms with Gasteiger partial charge in [-0.25, -0.2) is 5.43 Å². The van der Waals surface area contributed by atoms with Gasteiger partial charge in [-0.1, -0.05) is 13.8 Å². The third-order valence-corrected chi connectivity index (χ3v) is 11.5. The molecule has 258 valence electrons. The number of carbonyl (C=O) groups excluding carboxylic acids is 2. The van der Waals surface area contributed by atoms with E-state index in [-0.39, 0.29) is 30.0 Å². The molecule has 5 heterocycles. The molecule has 6 atom stereocenters. The van der Waals surface area contributed by atoms with E-state index in [0.717, 1.165) is 49.4 Å². The van der Waals surface area contributed by atoms with Gasteiger partial charge in [0.15, 0.2) is 0 Å². The summed E-state index contributed by atoms with van der Waals surface area (Å²) in [4.78, 5) is 34.4. The standard InChI is InChI=1S/C38H52N6O4/c1-6-43-33-14-13-26-18-28(33)29(35(43)27-9-7-15-40-34(27)23(2)47-5)19-38(3,4)22-48-37(46)32-10-8-16-44(41-32)36(45)31(39)17-24-11-12-25-20-42(26)21-30(24)25/h7,9,13-15,18,23-25,30-32,41H,6,8,10-12,16-17,19-22,39H2,1-5H3/t23-,24?,25?,30?,31?,32?/m0/s1. The van der Waals surface area contributed by atoms with E-state index in [4.69, 9.17) is 20.2 Å². The van der Waals surface area contributed by atoms with Crippen LogP contribution in [0.4, 0.5) is 5.69 Å². The van der Waals surface area contributed by atoms with E-state index in [9.17, 15) is 9.59 Å². The maximum atomic E-state index is 13.5. The van der Waals surface area contributed by atoms with Crippen molar-refractivity contribution in [1.82, 2.24) is 20.0 Å². The number of amides is 1. The summed E-state index contributed by atoms with van der Waals surface area (Å²) in [5, 5.41) is 2.81. The number of anilines is 1. The van der Waals surface area contributed by atoms with E-state index < -0.39 is 12.1 Å². The SMILES string of the molecule is CCn1c(-c2cccnc2[C@H](C)OC)c2c3cc(ccc31)N1CC3CCC(CC(N)C(=O)N4CCCC(N4)C(=O)OCC(C)(C)C2)C3C1. The van der Waals surface area contributed by atoms with Crippen LogP contribution < -0.4 is 16.1 Å². The molecule has 4 aliphatic rings. The van der Waals surface area contributed by atoms with Crippen molar-refractivity contribution >= 4 is 28.5 Å². The zero-order chi connectivity index (χ0) is 33.7. The highest BCUT2D eigenvalue weighted by Crippen LogP contribution is 2.47. The van der Waals surface area contributed by atoms with E-state index in [1.165, 1.54) is 28.6 Å². The molecule has 0 radical (unpaired) electrons. The summed E-state index contributed by atoms with van der Waals surface area (Å²) in [6.07, 6.45) is 6.67. The summed E-state index contributed by atoms with van der Waals surface area (Å²) in [5.74, 6) is 1.09. The van der Waals surface area contributed by atoms with Crippen LogP contribution in [0.2, 0.25) is 0 Å². The Balaban J connectivity index is 1.35. The number of aromatic nitrogens is 2. The molecule has 6 bridgehead atoms. The van der Waals surface area contributed by atoms with Crippen LogP contribution in [0.15, 0.2) is 36.5 Å². The second-order valence-corrected chi connectivity index (χ2v) is 15.4. The lowest BCUT2D eigenvalue weighted by atomic mass is 9.84. The normalized spacial score (nSPS) is 28.3. The number of nitrogens with one attached hydrogen (secondary N) is 1. The number of nitrogens with two attached hydrogens (primary N) is 1. The molecule has 2 aromatic heterocycles. The maximum Gasteiger partial charge on any atom is 0.324 e. The summed E-state index contributed by atoms with van der Waals surface area (Å²) >= 11 is 0. The third-order valence-electron chi connectivity index (χ3n) is 11.5. The second kappa shape index (κ2) is 13.1. The van der Waals surface area contributed by atoms with Crippen molar-refractivity contribution in [3.8, 4) is 11.3 Å². The Kier molecular flexibility index (Phi) is 9.02. The molecule has 0 spiro atoms. The van der Waals surface area contributed by atoms with Crippen molar-refractivity contribution in [3.63, 3.8) is 0 Å². The minimum atomic E-state index is -0.588. The van der Waals surface area contributed by atoms with Gasteiger partial charge >= 0.3 is 5.97 Å². The van der Waals surface area contributed by atoms with Crippen molar-refractivity contribution in [1.29, 1.82) is 0 Å². The molecule has 3 N–H and O–H groups in total. The number of aryl methyl sites for hydroxylation is 1. The van der Waals surface area contributed by atoms with Gasteiger partial charge in [0.2, 0.25) is 0 Å². The van der Waals surface area contributed by atoms with Crippen molar-refractivity contribution < 1.29 is 19.1 Å². The molecule has 1 saturated carbocycles. The van der Waals surface area contributed by atoms with Crippen LogP contribution in [-0.4, -0.2) is 71.9 Å². The lowest BCUT2D eigenvalue weighted by Crippen LogP contribution is -2.59. The number of hydrazine groups is 1. The molecule has 7 rings (SSSR count). The molecule has 48 heavy (non-hydrogen) atoms. The second-order valence-electron chi connectivity index (χ2n) is 15.4. The first-order chi connectivity index (χ1) is 23.1. The van der Waals surface area contributed by atoms with Crippen LogP contribution in [0.3, 0.4) is 0 Å². The van der Waals surface area contributed by atoms with Gasteiger partial charge in [-0.3, -0.25) is 19.6 Å². The van der Waals surface area contributed by atoms with E-state index in [2.05, 4.69) is 59.9 Å². The topological polar surface area (TPSA) is 115 Å². The number of nitrogens with zero attached hydrogens (tertiary/aromatic N) is 4. The zero-order valence-corrected chi connectivity index (χ0v) is 29.2. The number of ether oxygens (including phenoxy) is 2. The van der Waals surface area contributed by atoms with Gasteiger partial charge in [0.05, 0.1) is 30.1 Å². The van der Waals surface area contributed by atoms with Crippen molar-refractivity contribution in [2.24, 2.45) is 28.9 Å². The van der Waals surface area contributed by atoms with E-state index in [0.29, 0.717) is 43.6 Å². The maximum absolute atomic E-state index is 13.5. The van der Waals surface area contributed by atoms with Crippen LogP contribution in [-0.2, 0) is 32.0 Å². The minimum Gasteiger partial charge on any atom is -0.464 e. The molecule has 3 aliphatic heterocycles. The lowest BCUT2D eigenvalue weighted by Gasteiger charge is -2.35. The molecule has 2 saturated heterocycles. The first-order valence-corrected chi connectivity index (χ1v) is 18.0. The Morgan fingerprint density at radius 3 is 2.75 bits per heavy atom. The van der Waals surface area contributed by atoms with Crippen LogP contribution in [0, 0.1) is 23.2 Å². The summed E-state index contributed by atoms with van der Waals surface area (Å²) in [7, 11) is 1.73. The van der Waals surface area contributed by atoms with E-state index in [1.54, 1.807) is 12.1 Å². The fourth-order valence-electron chi connectivity index (χ4n) is 9.00. The van der Waals surface area contributed by atoms with E-state index >= 15 is 0 Å². The molecule has 1 aliphatic carbocycles. The predicted molar refractivity (Wildman–Crippen MR) is 187 cm³/mol. The number of cyclic esters (lactones) is 1. The Hall–Kier alpha value is -3.47. The Bertz CT molecular complexity index is 1680. The quantitative estimate of drug-likeness (QED) is 0.367. The number of benzene rings is 1. The first kappa shape index (κ1) is 33.0. The van der Waals surface area contributed by atoms with Gasteiger partial charge < -0.3 is 24.7 Å². The Morgan fingerprint density at radius 2 is 1.96 bits per heavy atom. The van der Waals surface area contributed by atoms with Crippen molar-refractivity contribution in [3.05, 3.63) is 47.8 Å². The molecule has 1 amide bonds. The van der Waals surface area contributed by atoms with Crippen LogP contribution in [0.25, 0.3) is 22.2 Å². The Labute approximate surface area is 284 Å². The number of rotatable bonds is 4. The van der Waals surface area contributed by atoms with Gasteiger partial charge in [0, 0.05) is 67.1 Å². The average Bonchev–Trinajstić information content (AvgIpc) is 3.77. The summed E-state index contributed by atoms with van der Waals surface area (Å²) in [6.45, 7) is 12.2. The fraction of sp³-hybridized carbons (Fsp3) is 0.605. The fourth-order valence-corrected chi connectivity index (χ4v) is 9.00. The molecule has 3 aromatic rings. The van der Waals surface area contributed by atoms with Gasteiger partial charge in [0.1, 0.15) is 6.04 Å². The number of carbonyl (C=O) groups is 2. The van der Waals surface area contributed by atoms with Crippen LogP contribution in [0.5, 0.6) is 0 Å². The number of hydrogen-bond donors (Lipinski definition) is 2. The number of fused-ring (bicyclic) bond motifs is 5. The van der Waals surface area contributed by atoms with Crippen molar-refractivity contribution in [2.45, 2.75) is 91.0 Å². The van der Waals surface area contributed by atoms with Gasteiger partial charge in [-0.15, -0.1) is 0 Å². The average molecular weight is 657 g/mol. The first-order valence-electron chi connectivity index (χ1n) is 18.0. The highest BCUT2D eigenvalue weighted by atomic mass is 16.5. The summed E-state index contributed by atoms with van der Waals surface area (Å²) < 4.78 is 14.3.